The number of nitrogens with zero attached hydrogens (tertiary/aromatic N) is 3. The summed E-state index contributed by atoms with van der Waals surface area (Å²) in [6.45, 7) is 6.39. The first kappa shape index (κ1) is 19.2. The minimum absolute atomic E-state index is 0.0286. The van der Waals surface area contributed by atoms with Gasteiger partial charge in [0.2, 0.25) is 0 Å². The fourth-order valence-electron chi connectivity index (χ4n) is 4.52. The van der Waals surface area contributed by atoms with Gasteiger partial charge in [0.25, 0.3) is 11.6 Å². The number of carbonyl (C=O) groups is 1. The summed E-state index contributed by atoms with van der Waals surface area (Å²) in [5, 5.41) is 10.8. The van der Waals surface area contributed by atoms with E-state index >= 15 is 0 Å². The van der Waals surface area contributed by atoms with E-state index in [9.17, 15) is 14.7 Å². The predicted molar refractivity (Wildman–Crippen MR) is 120 cm³/mol. The number of rotatable bonds is 3. The van der Waals surface area contributed by atoms with Crippen LogP contribution in [-0.4, -0.2) is 36.5 Å². The summed E-state index contributed by atoms with van der Waals surface area (Å²) >= 11 is 2.13. The van der Waals surface area contributed by atoms with E-state index in [0.29, 0.717) is 27.9 Å². The van der Waals surface area contributed by atoms with E-state index in [2.05, 4.69) is 36.2 Å². The van der Waals surface area contributed by atoms with Gasteiger partial charge in [0.15, 0.2) is 4.55 Å². The Bertz CT molecular complexity index is 1330. The minimum atomic E-state index is -0.712. The third-order valence-corrected chi connectivity index (χ3v) is 6.81. The Balaban J connectivity index is 1.80. The largest absolute Gasteiger partial charge is 0.508 e. The molecule has 3 aromatic rings. The van der Waals surface area contributed by atoms with Crippen LogP contribution in [0.4, 0.5) is 0 Å². The van der Waals surface area contributed by atoms with Crippen LogP contribution < -0.4 is 5.56 Å². The zero-order valence-electron chi connectivity index (χ0n) is 16.3. The molecular formula is C22H19IN3O4+. The molecule has 1 N–H and O–H groups in total. The maximum absolute atomic E-state index is 13.3. The van der Waals surface area contributed by atoms with Crippen molar-refractivity contribution in [1.29, 1.82) is 0 Å². The number of aromatic nitrogens is 2. The van der Waals surface area contributed by atoms with E-state index in [1.807, 2.05) is 6.07 Å². The Morgan fingerprint density at radius 3 is 2.87 bits per heavy atom. The number of aryl methyl sites for hydroxylation is 1. The molecule has 0 saturated carbocycles. The lowest BCUT2D eigenvalue weighted by Gasteiger charge is -2.22. The second-order valence-electron chi connectivity index (χ2n) is 7.55. The van der Waals surface area contributed by atoms with E-state index in [1.54, 1.807) is 27.3 Å². The molecule has 2 aliphatic heterocycles. The molecule has 8 heteroatoms. The van der Waals surface area contributed by atoms with Crippen LogP contribution in [0.25, 0.3) is 22.3 Å². The Kier molecular flexibility index (Phi) is 4.42. The molecule has 2 aliphatic rings. The van der Waals surface area contributed by atoms with Crippen molar-refractivity contribution >= 4 is 46.2 Å². The first-order chi connectivity index (χ1) is 14.4. The number of cyclic esters (lactones) is 1. The summed E-state index contributed by atoms with van der Waals surface area (Å²) in [4.78, 5) is 30.6. The number of hydrogen-bond acceptors (Lipinski definition) is 5. The van der Waals surface area contributed by atoms with Crippen LogP contribution in [0, 0.1) is 0 Å². The van der Waals surface area contributed by atoms with Crippen LogP contribution in [0.1, 0.15) is 35.2 Å². The molecule has 0 radical (unpaired) electrons. The van der Waals surface area contributed by atoms with E-state index < -0.39 is 12.0 Å². The van der Waals surface area contributed by atoms with Crippen molar-refractivity contribution < 1.29 is 19.2 Å². The fraction of sp³-hybridized carbons (Fsp3) is 0.273. The van der Waals surface area contributed by atoms with Gasteiger partial charge in [-0.3, -0.25) is 4.79 Å². The van der Waals surface area contributed by atoms with Crippen LogP contribution in [0.15, 0.2) is 29.1 Å². The van der Waals surface area contributed by atoms with Crippen molar-refractivity contribution in [3.8, 4) is 17.1 Å². The maximum atomic E-state index is 13.3. The van der Waals surface area contributed by atoms with E-state index in [0.717, 1.165) is 34.1 Å². The average molecular weight is 516 g/mol. The molecule has 152 valence electrons. The first-order valence-electron chi connectivity index (χ1n) is 9.65. The van der Waals surface area contributed by atoms with Crippen molar-refractivity contribution in [2.45, 2.75) is 32.5 Å². The molecule has 1 atom stereocenters. The highest BCUT2D eigenvalue weighted by Gasteiger charge is 2.40. The average Bonchev–Trinajstić information content (AvgIpc) is 3.10. The van der Waals surface area contributed by atoms with Crippen molar-refractivity contribution in [2.24, 2.45) is 0 Å². The highest BCUT2D eigenvalue weighted by molar-refractivity contribution is 14.1. The highest BCUT2D eigenvalue weighted by atomic mass is 127. The summed E-state index contributed by atoms with van der Waals surface area (Å²) in [5.74, 6) is -0.206. The number of ether oxygens (including phenoxy) is 1. The normalized spacial score (nSPS) is 16.7. The lowest BCUT2D eigenvalue weighted by Crippen LogP contribution is -2.36. The highest BCUT2D eigenvalue weighted by Crippen LogP contribution is 2.39. The quantitative estimate of drug-likeness (QED) is 0.113. The molecule has 0 spiro atoms. The summed E-state index contributed by atoms with van der Waals surface area (Å²) in [6.07, 6.45) is 0.749. The van der Waals surface area contributed by atoms with E-state index in [4.69, 9.17) is 9.72 Å². The number of hydrogen-bond donors (Lipinski definition) is 1. The van der Waals surface area contributed by atoms with Crippen LogP contribution in [0.2, 0.25) is 0 Å². The Morgan fingerprint density at radius 2 is 2.13 bits per heavy atom. The van der Waals surface area contributed by atoms with Gasteiger partial charge in [-0.1, -0.05) is 6.92 Å². The van der Waals surface area contributed by atoms with Gasteiger partial charge in [0.05, 0.1) is 29.0 Å². The minimum Gasteiger partial charge on any atom is -0.508 e. The smallest absolute Gasteiger partial charge is 0.380 e. The van der Waals surface area contributed by atoms with Gasteiger partial charge in [0.1, 0.15) is 19.1 Å². The number of benzene rings is 1. The predicted octanol–water partition coefficient (Wildman–Crippen LogP) is 2.90. The summed E-state index contributed by atoms with van der Waals surface area (Å²) in [7, 11) is 0. The number of esters is 1. The molecule has 0 fully saturated rings. The molecule has 0 saturated heterocycles. The summed E-state index contributed by atoms with van der Waals surface area (Å²) in [6, 6.07) is 6.32. The molecule has 2 aromatic heterocycles. The molecule has 7 nitrogen and oxygen atoms in total. The molecule has 5 rings (SSSR count). The van der Waals surface area contributed by atoms with Gasteiger partial charge in [-0.2, -0.15) is 0 Å². The van der Waals surface area contributed by atoms with Crippen molar-refractivity contribution in [3.63, 3.8) is 0 Å². The SMILES string of the molecule is C=[N+](CI)[C@@H]1C(=O)OCc2c1cc1n(c2=O)Cc2c-1nc1ccc(O)cc1c2CC. The maximum Gasteiger partial charge on any atom is 0.380 e. The van der Waals surface area contributed by atoms with Gasteiger partial charge in [-0.25, -0.2) is 14.4 Å². The number of pyridine rings is 2. The number of carbonyl (C=O) groups excluding carboxylic acids is 1. The monoisotopic (exact) mass is 516 g/mol. The van der Waals surface area contributed by atoms with Crippen LogP contribution in [0.5, 0.6) is 5.75 Å². The third kappa shape index (κ3) is 2.62. The lowest BCUT2D eigenvalue weighted by atomic mass is 9.96. The van der Waals surface area contributed by atoms with Crippen LogP contribution in [0.3, 0.4) is 0 Å². The Labute approximate surface area is 185 Å². The number of aromatic hydroxyl groups is 1. The number of phenolic OH excluding ortho intramolecular Hbond substituents is 1. The summed E-state index contributed by atoms with van der Waals surface area (Å²) < 4.78 is 9.15. The van der Waals surface area contributed by atoms with Gasteiger partial charge in [-0.15, -0.1) is 0 Å². The molecule has 1 aromatic carbocycles. The molecule has 4 heterocycles. The van der Waals surface area contributed by atoms with Crippen LogP contribution >= 0.6 is 22.6 Å². The van der Waals surface area contributed by atoms with Gasteiger partial charge in [-0.05, 0) is 58.8 Å². The Morgan fingerprint density at radius 1 is 1.33 bits per heavy atom. The fourth-order valence-corrected chi connectivity index (χ4v) is 4.91. The lowest BCUT2D eigenvalue weighted by molar-refractivity contribution is -0.530. The third-order valence-electron chi connectivity index (χ3n) is 5.93. The molecule has 0 bridgehead atoms. The topological polar surface area (TPSA) is 84.4 Å². The second kappa shape index (κ2) is 6.90. The van der Waals surface area contributed by atoms with E-state index in [-0.39, 0.29) is 17.9 Å². The molecule has 0 amide bonds. The number of phenols is 1. The second-order valence-corrected chi connectivity index (χ2v) is 8.23. The molecule has 0 unspecified atom stereocenters. The standard InChI is InChI=1S/C22H18IN3O4/c1-3-12-13-6-11(27)4-5-17(13)24-19-15(12)8-26-18(19)7-14-16(21(26)28)9-30-22(29)20(14)25(2)10-23/h4-7,20H,2-3,8-10H2,1H3/p+1/t20-/m0/s1. The zero-order valence-corrected chi connectivity index (χ0v) is 18.5. The van der Waals surface area contributed by atoms with Crippen LogP contribution in [-0.2, 0) is 29.1 Å². The molecule has 30 heavy (non-hydrogen) atoms. The van der Waals surface area contributed by atoms with Gasteiger partial charge in [0, 0.05) is 16.5 Å². The zero-order chi connectivity index (χ0) is 21.2. The van der Waals surface area contributed by atoms with Gasteiger partial charge >= 0.3 is 5.97 Å². The van der Waals surface area contributed by atoms with E-state index in [1.165, 1.54) is 0 Å². The van der Waals surface area contributed by atoms with Crippen molar-refractivity contribution in [3.05, 3.63) is 56.9 Å². The number of fused-ring (bicyclic) bond motifs is 5. The summed E-state index contributed by atoms with van der Waals surface area (Å²) in [5.41, 5.74) is 5.27. The first-order valence-corrected chi connectivity index (χ1v) is 11.2. The van der Waals surface area contributed by atoms with Crippen molar-refractivity contribution in [1.82, 2.24) is 9.55 Å². The molecular weight excluding hydrogens is 497 g/mol. The number of alkyl halides is 1. The van der Waals surface area contributed by atoms with Crippen molar-refractivity contribution in [2.75, 3.05) is 4.55 Å². The molecule has 0 aliphatic carbocycles. The number of halogens is 1. The van der Waals surface area contributed by atoms with Gasteiger partial charge < -0.3 is 14.4 Å². The Hall–Kier alpha value is -2.75.